The van der Waals surface area contributed by atoms with Crippen LogP contribution in [-0.2, 0) is 4.74 Å². The number of nitrogens with zero attached hydrogens (tertiary/aromatic N) is 4. The maximum atomic E-state index is 12.2. The van der Waals surface area contributed by atoms with Crippen molar-refractivity contribution in [3.63, 3.8) is 0 Å². The number of amides is 1. The number of likely N-dealkylation sites (tertiary alicyclic amines) is 1. The highest BCUT2D eigenvalue weighted by Gasteiger charge is 2.28. The minimum Gasteiger partial charge on any atom is -0.444 e. The molecule has 1 aliphatic heterocycles. The second kappa shape index (κ2) is 8.38. The number of ketones is 1. The Balaban J connectivity index is 1.83. The van der Waals surface area contributed by atoms with E-state index in [1.165, 1.54) is 12.4 Å². The smallest absolute Gasteiger partial charge is 0.410 e. The van der Waals surface area contributed by atoms with Gasteiger partial charge < -0.3 is 9.64 Å². The number of aromatic nitrogens is 2. The lowest BCUT2D eigenvalue weighted by atomic mass is 9.97. The molecule has 0 unspecified atom stereocenters. The van der Waals surface area contributed by atoms with Gasteiger partial charge in [0.25, 0.3) is 0 Å². The molecular weight excluding hydrogens is 320 g/mol. The SMILES string of the molecule is CN(CC(=O)c1cnccn1)C[C@@H]1CCCN(C(=O)OC(C)(C)C)C1. The summed E-state index contributed by atoms with van der Waals surface area (Å²) in [4.78, 5) is 36.2. The third-order valence-corrected chi connectivity index (χ3v) is 4.00. The number of likely N-dealkylation sites (N-methyl/N-ethyl adjacent to an activating group) is 1. The lowest BCUT2D eigenvalue weighted by Crippen LogP contribution is -2.45. The van der Waals surface area contributed by atoms with Gasteiger partial charge in [-0.25, -0.2) is 9.78 Å². The molecule has 1 saturated heterocycles. The predicted molar refractivity (Wildman–Crippen MR) is 94.4 cm³/mol. The second-order valence-corrected chi connectivity index (χ2v) is 7.65. The number of hydrogen-bond donors (Lipinski definition) is 0. The van der Waals surface area contributed by atoms with Crippen LogP contribution in [0.4, 0.5) is 4.79 Å². The lowest BCUT2D eigenvalue weighted by Gasteiger charge is -2.35. The van der Waals surface area contributed by atoms with Crippen LogP contribution in [0.2, 0.25) is 0 Å². The lowest BCUT2D eigenvalue weighted by molar-refractivity contribution is 0.0149. The molecule has 1 aromatic rings. The summed E-state index contributed by atoms with van der Waals surface area (Å²) in [6.45, 7) is 8.06. The van der Waals surface area contributed by atoms with Gasteiger partial charge in [0.05, 0.1) is 12.7 Å². The van der Waals surface area contributed by atoms with Crippen LogP contribution in [0.3, 0.4) is 0 Å². The van der Waals surface area contributed by atoms with Crippen molar-refractivity contribution in [2.24, 2.45) is 5.92 Å². The predicted octanol–water partition coefficient (Wildman–Crippen LogP) is 2.24. The number of hydrogen-bond acceptors (Lipinski definition) is 6. The Morgan fingerprint density at radius 3 is 2.76 bits per heavy atom. The minimum atomic E-state index is -0.482. The van der Waals surface area contributed by atoms with E-state index in [9.17, 15) is 9.59 Å². The Labute approximate surface area is 149 Å². The molecule has 1 aliphatic rings. The summed E-state index contributed by atoms with van der Waals surface area (Å²) in [5, 5.41) is 0. The van der Waals surface area contributed by atoms with Crippen molar-refractivity contribution in [2.45, 2.75) is 39.2 Å². The molecule has 1 fully saturated rings. The van der Waals surface area contributed by atoms with Crippen LogP contribution in [0.5, 0.6) is 0 Å². The van der Waals surface area contributed by atoms with Gasteiger partial charge in [0.2, 0.25) is 0 Å². The summed E-state index contributed by atoms with van der Waals surface area (Å²) in [5.74, 6) is 0.288. The highest BCUT2D eigenvalue weighted by molar-refractivity contribution is 5.95. The molecule has 2 heterocycles. The summed E-state index contributed by atoms with van der Waals surface area (Å²) in [6.07, 6.45) is 6.30. The zero-order valence-electron chi connectivity index (χ0n) is 15.6. The van der Waals surface area contributed by atoms with Crippen LogP contribution in [-0.4, -0.2) is 70.5 Å². The molecule has 0 bridgehead atoms. The summed E-state index contributed by atoms with van der Waals surface area (Å²) in [6, 6.07) is 0. The highest BCUT2D eigenvalue weighted by atomic mass is 16.6. The molecule has 7 heteroatoms. The first kappa shape index (κ1) is 19.3. The van der Waals surface area contributed by atoms with Gasteiger partial charge in [-0.1, -0.05) is 0 Å². The van der Waals surface area contributed by atoms with E-state index in [4.69, 9.17) is 4.74 Å². The van der Waals surface area contributed by atoms with E-state index in [1.54, 1.807) is 11.1 Å². The average molecular weight is 348 g/mol. The maximum Gasteiger partial charge on any atom is 0.410 e. The third kappa shape index (κ3) is 6.42. The highest BCUT2D eigenvalue weighted by Crippen LogP contribution is 2.20. The van der Waals surface area contributed by atoms with Crippen molar-refractivity contribution < 1.29 is 14.3 Å². The molecule has 0 spiro atoms. The Bertz CT molecular complexity index is 586. The molecule has 1 atom stereocenters. The minimum absolute atomic E-state index is 0.0459. The van der Waals surface area contributed by atoms with E-state index in [0.29, 0.717) is 24.7 Å². The molecular formula is C18H28N4O3. The molecule has 0 aliphatic carbocycles. The molecule has 1 aromatic heterocycles. The molecule has 138 valence electrons. The Morgan fingerprint density at radius 1 is 1.36 bits per heavy atom. The fourth-order valence-electron chi connectivity index (χ4n) is 2.98. The van der Waals surface area contributed by atoms with Crippen LogP contribution in [0.15, 0.2) is 18.6 Å². The quantitative estimate of drug-likeness (QED) is 0.760. The summed E-state index contributed by atoms with van der Waals surface area (Å²) < 4.78 is 5.46. The van der Waals surface area contributed by atoms with Crippen molar-refractivity contribution in [2.75, 3.05) is 33.2 Å². The monoisotopic (exact) mass is 348 g/mol. The fourth-order valence-corrected chi connectivity index (χ4v) is 2.98. The third-order valence-electron chi connectivity index (χ3n) is 4.00. The van der Waals surface area contributed by atoms with Crippen molar-refractivity contribution in [1.82, 2.24) is 19.8 Å². The first-order chi connectivity index (χ1) is 11.7. The largest absolute Gasteiger partial charge is 0.444 e. The van der Waals surface area contributed by atoms with Gasteiger partial charge in [0, 0.05) is 32.0 Å². The zero-order valence-corrected chi connectivity index (χ0v) is 15.6. The van der Waals surface area contributed by atoms with Crippen molar-refractivity contribution in [1.29, 1.82) is 0 Å². The summed E-state index contributed by atoms with van der Waals surface area (Å²) in [7, 11) is 1.92. The normalized spacial score (nSPS) is 18.3. The molecule has 0 N–H and O–H groups in total. The fraction of sp³-hybridized carbons (Fsp3) is 0.667. The van der Waals surface area contributed by atoms with E-state index < -0.39 is 5.60 Å². The van der Waals surface area contributed by atoms with Gasteiger partial charge in [0.15, 0.2) is 5.78 Å². The molecule has 0 radical (unpaired) electrons. The molecule has 2 rings (SSSR count). The van der Waals surface area contributed by atoms with Gasteiger partial charge in [-0.2, -0.15) is 0 Å². The Hall–Kier alpha value is -2.02. The van der Waals surface area contributed by atoms with Crippen LogP contribution < -0.4 is 0 Å². The zero-order chi connectivity index (χ0) is 18.4. The standard InChI is InChI=1S/C18H28N4O3/c1-18(2,3)25-17(24)22-9-5-6-14(12-22)11-21(4)13-16(23)15-10-19-7-8-20-15/h7-8,10,14H,5-6,9,11-13H2,1-4H3/t14-/m0/s1. The molecule has 1 amide bonds. The van der Waals surface area contributed by atoms with Crippen LogP contribution in [0.1, 0.15) is 44.1 Å². The van der Waals surface area contributed by atoms with Crippen molar-refractivity contribution in [3.8, 4) is 0 Å². The molecule has 0 aromatic carbocycles. The number of carbonyl (C=O) groups excluding carboxylic acids is 2. The molecule has 7 nitrogen and oxygen atoms in total. The first-order valence-corrected chi connectivity index (χ1v) is 8.70. The van der Waals surface area contributed by atoms with Gasteiger partial charge in [-0.3, -0.25) is 14.7 Å². The van der Waals surface area contributed by atoms with Crippen molar-refractivity contribution in [3.05, 3.63) is 24.3 Å². The number of rotatable bonds is 5. The maximum absolute atomic E-state index is 12.2. The number of ether oxygens (including phenoxy) is 1. The van der Waals surface area contributed by atoms with Crippen LogP contribution in [0.25, 0.3) is 0 Å². The van der Waals surface area contributed by atoms with E-state index in [2.05, 4.69) is 9.97 Å². The number of carbonyl (C=O) groups is 2. The van der Waals surface area contributed by atoms with Crippen LogP contribution >= 0.6 is 0 Å². The van der Waals surface area contributed by atoms with Crippen LogP contribution in [0, 0.1) is 5.92 Å². The van der Waals surface area contributed by atoms with Gasteiger partial charge in [-0.05, 0) is 46.6 Å². The Kier molecular flexibility index (Phi) is 6.47. The number of piperidine rings is 1. The Morgan fingerprint density at radius 2 is 2.12 bits per heavy atom. The second-order valence-electron chi connectivity index (χ2n) is 7.65. The van der Waals surface area contributed by atoms with Crippen molar-refractivity contribution >= 4 is 11.9 Å². The van der Waals surface area contributed by atoms with Gasteiger partial charge in [0.1, 0.15) is 11.3 Å². The summed E-state index contributed by atoms with van der Waals surface area (Å²) in [5.41, 5.74) is -0.0994. The van der Waals surface area contributed by atoms with E-state index in [1.807, 2.05) is 32.7 Å². The molecule has 0 saturated carbocycles. The van der Waals surface area contributed by atoms with E-state index in [-0.39, 0.29) is 11.9 Å². The van der Waals surface area contributed by atoms with Gasteiger partial charge >= 0.3 is 6.09 Å². The van der Waals surface area contributed by atoms with E-state index in [0.717, 1.165) is 25.9 Å². The van der Waals surface area contributed by atoms with Gasteiger partial charge in [-0.15, -0.1) is 0 Å². The topological polar surface area (TPSA) is 75.6 Å². The number of Topliss-reactive ketones (excluding diaryl/α,β-unsaturated/α-hetero) is 1. The summed E-state index contributed by atoms with van der Waals surface area (Å²) >= 11 is 0. The molecule has 25 heavy (non-hydrogen) atoms. The first-order valence-electron chi connectivity index (χ1n) is 8.70. The van der Waals surface area contributed by atoms with E-state index >= 15 is 0 Å². The average Bonchev–Trinajstić information content (AvgIpc) is 2.54.